The predicted octanol–water partition coefficient (Wildman–Crippen LogP) is 1.20. The summed E-state index contributed by atoms with van der Waals surface area (Å²) >= 11 is 5.67. The molecule has 1 aliphatic rings. The van der Waals surface area contributed by atoms with Gasteiger partial charge in [-0.3, -0.25) is 5.10 Å². The minimum atomic E-state index is -0.404. The zero-order valence-corrected chi connectivity index (χ0v) is 9.38. The van der Waals surface area contributed by atoms with E-state index in [0.29, 0.717) is 30.7 Å². The first kappa shape index (κ1) is 10.9. The van der Waals surface area contributed by atoms with Gasteiger partial charge in [-0.25, -0.2) is 4.98 Å². The first-order valence-corrected chi connectivity index (χ1v) is 5.45. The van der Waals surface area contributed by atoms with Gasteiger partial charge in [0, 0.05) is 33.2 Å². The van der Waals surface area contributed by atoms with Crippen LogP contribution in [0.25, 0.3) is 0 Å². The smallest absolute Gasteiger partial charge is 0.182 e. The Morgan fingerprint density at radius 2 is 2.27 bits per heavy atom. The van der Waals surface area contributed by atoms with E-state index in [4.69, 9.17) is 21.1 Å². The third-order valence-electron chi connectivity index (χ3n) is 2.76. The van der Waals surface area contributed by atoms with E-state index in [9.17, 15) is 0 Å². The lowest BCUT2D eigenvalue weighted by Crippen LogP contribution is -2.36. The van der Waals surface area contributed by atoms with Crippen LogP contribution >= 0.6 is 11.6 Å². The number of nitrogens with zero attached hydrogens (tertiary/aromatic N) is 2. The summed E-state index contributed by atoms with van der Waals surface area (Å²) in [4.78, 5) is 4.32. The molecule has 0 saturated carbocycles. The van der Waals surface area contributed by atoms with E-state index in [0.717, 1.165) is 12.8 Å². The van der Waals surface area contributed by atoms with E-state index in [1.807, 2.05) is 0 Å². The van der Waals surface area contributed by atoms with Gasteiger partial charge in [-0.2, -0.15) is 5.10 Å². The van der Waals surface area contributed by atoms with Crippen LogP contribution in [0.5, 0.6) is 0 Å². The Kier molecular flexibility index (Phi) is 3.23. The van der Waals surface area contributed by atoms with Gasteiger partial charge in [0.15, 0.2) is 5.82 Å². The highest BCUT2D eigenvalue weighted by atomic mass is 35.5. The maximum absolute atomic E-state index is 5.67. The van der Waals surface area contributed by atoms with E-state index in [2.05, 4.69) is 15.2 Å². The number of ether oxygens (including phenoxy) is 2. The van der Waals surface area contributed by atoms with Crippen LogP contribution < -0.4 is 0 Å². The highest BCUT2D eigenvalue weighted by molar-refractivity contribution is 6.16. The topological polar surface area (TPSA) is 60.0 Å². The number of halogens is 1. The van der Waals surface area contributed by atoms with Crippen molar-refractivity contribution in [2.24, 2.45) is 0 Å². The van der Waals surface area contributed by atoms with E-state index in [1.54, 1.807) is 7.11 Å². The molecule has 1 saturated heterocycles. The third kappa shape index (κ3) is 2.00. The molecule has 0 aromatic carbocycles. The van der Waals surface area contributed by atoms with Gasteiger partial charge in [-0.1, -0.05) is 0 Å². The van der Waals surface area contributed by atoms with Crippen molar-refractivity contribution in [2.45, 2.75) is 24.3 Å². The second-order valence-electron chi connectivity index (χ2n) is 3.55. The molecule has 0 radical (unpaired) electrons. The van der Waals surface area contributed by atoms with Gasteiger partial charge in [-0.05, 0) is 0 Å². The van der Waals surface area contributed by atoms with Gasteiger partial charge in [0.2, 0.25) is 0 Å². The van der Waals surface area contributed by atoms with Crippen molar-refractivity contribution in [3.63, 3.8) is 0 Å². The van der Waals surface area contributed by atoms with Crippen molar-refractivity contribution in [3.05, 3.63) is 11.6 Å². The summed E-state index contributed by atoms with van der Waals surface area (Å²) in [6.07, 6.45) is 1.56. The normalized spacial score (nSPS) is 20.4. The first-order valence-electron chi connectivity index (χ1n) is 4.91. The molecule has 1 aromatic rings. The number of H-pyrrole nitrogens is 1. The molecule has 0 aliphatic carbocycles. The number of aromatic nitrogens is 3. The SMILES string of the molecule is COC1(c2n[nH]c(CCl)n2)CCOCC1. The fourth-order valence-electron chi connectivity index (χ4n) is 1.78. The summed E-state index contributed by atoms with van der Waals surface area (Å²) in [6.45, 7) is 1.36. The first-order chi connectivity index (χ1) is 7.30. The van der Waals surface area contributed by atoms with Crippen molar-refractivity contribution in [1.82, 2.24) is 15.2 Å². The van der Waals surface area contributed by atoms with Crippen molar-refractivity contribution in [1.29, 1.82) is 0 Å². The van der Waals surface area contributed by atoms with Gasteiger partial charge in [-0.15, -0.1) is 11.6 Å². The van der Waals surface area contributed by atoms with Crippen LogP contribution in [0.4, 0.5) is 0 Å². The fourth-order valence-corrected chi connectivity index (χ4v) is 1.90. The summed E-state index contributed by atoms with van der Waals surface area (Å²) in [7, 11) is 1.68. The molecular formula is C9H14ClN3O2. The number of methoxy groups -OCH3 is 1. The minimum absolute atomic E-state index is 0.337. The van der Waals surface area contributed by atoms with Crippen LogP contribution in [0.3, 0.4) is 0 Å². The number of hydrogen-bond donors (Lipinski definition) is 1. The van der Waals surface area contributed by atoms with Crippen LogP contribution in [0, 0.1) is 0 Å². The molecule has 15 heavy (non-hydrogen) atoms. The number of rotatable bonds is 3. The molecular weight excluding hydrogens is 218 g/mol. The molecule has 0 spiro atoms. The Balaban J connectivity index is 2.24. The predicted molar refractivity (Wildman–Crippen MR) is 54.7 cm³/mol. The summed E-state index contributed by atoms with van der Waals surface area (Å²) in [5.41, 5.74) is -0.404. The molecule has 2 rings (SSSR count). The van der Waals surface area contributed by atoms with E-state index in [1.165, 1.54) is 0 Å². The van der Waals surface area contributed by atoms with E-state index in [-0.39, 0.29) is 0 Å². The monoisotopic (exact) mass is 231 g/mol. The maximum Gasteiger partial charge on any atom is 0.182 e. The van der Waals surface area contributed by atoms with Crippen LogP contribution in [0.1, 0.15) is 24.5 Å². The van der Waals surface area contributed by atoms with E-state index < -0.39 is 5.60 Å². The molecule has 0 bridgehead atoms. The van der Waals surface area contributed by atoms with Crippen LogP contribution in [-0.4, -0.2) is 35.5 Å². The molecule has 1 aliphatic heterocycles. The van der Waals surface area contributed by atoms with Gasteiger partial charge in [0.05, 0.1) is 5.88 Å². The molecule has 1 N–H and O–H groups in total. The molecule has 1 aromatic heterocycles. The lowest BCUT2D eigenvalue weighted by Gasteiger charge is -2.33. The van der Waals surface area contributed by atoms with Crippen molar-refractivity contribution < 1.29 is 9.47 Å². The summed E-state index contributed by atoms with van der Waals surface area (Å²) in [5, 5.41) is 6.95. The molecule has 5 nitrogen and oxygen atoms in total. The number of alkyl halides is 1. The van der Waals surface area contributed by atoms with E-state index >= 15 is 0 Å². The second kappa shape index (κ2) is 4.47. The maximum atomic E-state index is 5.67. The van der Waals surface area contributed by atoms with Crippen LogP contribution in [-0.2, 0) is 21.0 Å². The highest BCUT2D eigenvalue weighted by Crippen LogP contribution is 2.33. The van der Waals surface area contributed by atoms with Crippen molar-refractivity contribution >= 4 is 11.6 Å². The Labute approximate surface area is 93.1 Å². The standard InChI is InChI=1S/C9H14ClN3O2/c1-14-9(2-4-15-5-3-9)8-11-7(6-10)12-13-8/h2-6H2,1H3,(H,11,12,13). The lowest BCUT2D eigenvalue weighted by atomic mass is 9.93. The zero-order chi connectivity index (χ0) is 10.7. The third-order valence-corrected chi connectivity index (χ3v) is 3.01. The lowest BCUT2D eigenvalue weighted by molar-refractivity contribution is -0.0998. The molecule has 1 fully saturated rings. The number of nitrogens with one attached hydrogen (secondary N) is 1. The quantitative estimate of drug-likeness (QED) is 0.794. The van der Waals surface area contributed by atoms with Gasteiger partial charge in [0.25, 0.3) is 0 Å². The summed E-state index contributed by atoms with van der Waals surface area (Å²) in [5.74, 6) is 1.70. The second-order valence-corrected chi connectivity index (χ2v) is 3.82. The summed E-state index contributed by atoms with van der Waals surface area (Å²) in [6, 6.07) is 0. The molecule has 6 heteroatoms. The average molecular weight is 232 g/mol. The molecule has 0 unspecified atom stereocenters. The van der Waals surface area contributed by atoms with Crippen LogP contribution in [0.15, 0.2) is 0 Å². The molecule has 84 valence electrons. The minimum Gasteiger partial charge on any atom is -0.381 e. The Bertz CT molecular complexity index is 323. The molecule has 0 atom stereocenters. The van der Waals surface area contributed by atoms with Gasteiger partial charge >= 0.3 is 0 Å². The number of hydrogen-bond acceptors (Lipinski definition) is 4. The highest BCUT2D eigenvalue weighted by Gasteiger charge is 2.38. The zero-order valence-electron chi connectivity index (χ0n) is 8.62. The molecule has 0 amide bonds. The Hall–Kier alpha value is -0.650. The van der Waals surface area contributed by atoms with Crippen molar-refractivity contribution in [2.75, 3.05) is 20.3 Å². The Morgan fingerprint density at radius 1 is 1.53 bits per heavy atom. The van der Waals surface area contributed by atoms with Crippen LogP contribution in [0.2, 0.25) is 0 Å². The largest absolute Gasteiger partial charge is 0.381 e. The number of aromatic amines is 1. The Morgan fingerprint density at radius 3 is 2.80 bits per heavy atom. The fraction of sp³-hybridized carbons (Fsp3) is 0.778. The van der Waals surface area contributed by atoms with Gasteiger partial charge in [0.1, 0.15) is 11.4 Å². The average Bonchev–Trinajstić information content (AvgIpc) is 2.79. The van der Waals surface area contributed by atoms with Gasteiger partial charge < -0.3 is 9.47 Å². The summed E-state index contributed by atoms with van der Waals surface area (Å²) < 4.78 is 10.9. The van der Waals surface area contributed by atoms with Crippen molar-refractivity contribution in [3.8, 4) is 0 Å². The molecule has 2 heterocycles.